The van der Waals surface area contributed by atoms with Gasteiger partial charge in [0.2, 0.25) is 5.95 Å². The molecule has 0 aromatic carbocycles. The lowest BCUT2D eigenvalue weighted by Gasteiger charge is -2.38. The van der Waals surface area contributed by atoms with Gasteiger partial charge in [-0.2, -0.15) is 4.98 Å². The molecular formula is C13H16N6O2. The highest BCUT2D eigenvalue weighted by molar-refractivity contribution is 5.71. The van der Waals surface area contributed by atoms with Crippen molar-refractivity contribution in [3.05, 3.63) is 12.5 Å². The molecule has 2 fully saturated rings. The molecule has 1 amide bonds. The fraction of sp³-hybridized carbons (Fsp3) is 0.538. The number of rotatable bonds is 1. The van der Waals surface area contributed by atoms with E-state index in [-0.39, 0.29) is 6.09 Å². The van der Waals surface area contributed by atoms with Crippen molar-refractivity contribution in [2.75, 3.05) is 24.5 Å². The Hall–Kier alpha value is -2.38. The van der Waals surface area contributed by atoms with Crippen LogP contribution in [0.25, 0.3) is 11.2 Å². The topological polar surface area (TPSA) is 85.2 Å². The maximum atomic E-state index is 11.3. The van der Waals surface area contributed by atoms with Crippen molar-refractivity contribution >= 4 is 23.2 Å². The second-order valence-corrected chi connectivity index (χ2v) is 5.69. The maximum absolute atomic E-state index is 11.3. The number of piperidine rings is 1. The summed E-state index contributed by atoms with van der Waals surface area (Å²) in [6.45, 7) is 2.02. The number of amides is 1. The highest BCUT2D eigenvalue weighted by Gasteiger charge is 2.44. The molecule has 4 rings (SSSR count). The largest absolute Gasteiger partial charge is 0.439 e. The number of anilines is 1. The average molecular weight is 288 g/mol. The fourth-order valence-corrected chi connectivity index (χ4v) is 3.06. The van der Waals surface area contributed by atoms with Crippen LogP contribution in [0.3, 0.4) is 0 Å². The second kappa shape index (κ2) is 4.31. The van der Waals surface area contributed by atoms with E-state index in [4.69, 9.17) is 4.74 Å². The summed E-state index contributed by atoms with van der Waals surface area (Å²) in [5.41, 5.74) is 1.14. The first kappa shape index (κ1) is 12.4. The number of carbonyl (C=O) groups excluding carboxylic acids is 1. The summed E-state index contributed by atoms with van der Waals surface area (Å²) >= 11 is 0. The minimum Gasteiger partial charge on any atom is -0.439 e. The van der Waals surface area contributed by atoms with Crippen LogP contribution in [-0.2, 0) is 11.8 Å². The Balaban J connectivity index is 1.63. The van der Waals surface area contributed by atoms with E-state index in [1.165, 1.54) is 0 Å². The Morgan fingerprint density at radius 1 is 1.43 bits per heavy atom. The van der Waals surface area contributed by atoms with Crippen LogP contribution in [0.2, 0.25) is 0 Å². The van der Waals surface area contributed by atoms with E-state index in [0.717, 1.165) is 24.9 Å². The standard InChI is InChI=1S/C13H16N6O2/c1-18-8-16-10-9(18)5-14-11(17-10)19-4-2-3-13(7-19)6-15-12(20)21-13/h5,8H,2-4,6-7H2,1H3,(H,15,20). The first-order chi connectivity index (χ1) is 10.2. The molecule has 1 atom stereocenters. The summed E-state index contributed by atoms with van der Waals surface area (Å²) in [5.74, 6) is 0.642. The summed E-state index contributed by atoms with van der Waals surface area (Å²) < 4.78 is 7.35. The molecule has 0 saturated carbocycles. The van der Waals surface area contributed by atoms with Gasteiger partial charge in [-0.05, 0) is 12.8 Å². The number of aromatic nitrogens is 4. The molecule has 8 heteroatoms. The van der Waals surface area contributed by atoms with Gasteiger partial charge in [0.15, 0.2) is 5.65 Å². The Kier molecular flexibility index (Phi) is 2.54. The minimum absolute atomic E-state index is 0.335. The van der Waals surface area contributed by atoms with Crippen molar-refractivity contribution in [3.8, 4) is 0 Å². The second-order valence-electron chi connectivity index (χ2n) is 5.69. The van der Waals surface area contributed by atoms with E-state index in [2.05, 4.69) is 25.2 Å². The van der Waals surface area contributed by atoms with Gasteiger partial charge in [0, 0.05) is 13.6 Å². The summed E-state index contributed by atoms with van der Waals surface area (Å²) in [4.78, 5) is 26.6. The molecule has 2 aromatic rings. The third kappa shape index (κ3) is 1.98. The first-order valence-corrected chi connectivity index (χ1v) is 7.01. The van der Waals surface area contributed by atoms with E-state index in [0.29, 0.717) is 24.7 Å². The van der Waals surface area contributed by atoms with Gasteiger partial charge in [-0.25, -0.2) is 14.8 Å². The summed E-state index contributed by atoms with van der Waals surface area (Å²) in [6, 6.07) is 0. The number of nitrogens with one attached hydrogen (secondary N) is 1. The van der Waals surface area contributed by atoms with Gasteiger partial charge in [0.25, 0.3) is 0 Å². The van der Waals surface area contributed by atoms with Crippen molar-refractivity contribution in [2.24, 2.45) is 7.05 Å². The molecule has 0 bridgehead atoms. The number of fused-ring (bicyclic) bond motifs is 1. The minimum atomic E-state index is -0.447. The van der Waals surface area contributed by atoms with Gasteiger partial charge >= 0.3 is 6.09 Å². The van der Waals surface area contributed by atoms with E-state index >= 15 is 0 Å². The van der Waals surface area contributed by atoms with Gasteiger partial charge in [0.1, 0.15) is 11.1 Å². The molecule has 1 N–H and O–H groups in total. The van der Waals surface area contributed by atoms with Crippen molar-refractivity contribution in [1.82, 2.24) is 24.8 Å². The van der Waals surface area contributed by atoms with Gasteiger partial charge in [0.05, 0.1) is 25.6 Å². The average Bonchev–Trinajstić information content (AvgIpc) is 3.03. The Labute approximate surface area is 121 Å². The Morgan fingerprint density at radius 2 is 2.33 bits per heavy atom. The van der Waals surface area contributed by atoms with Crippen LogP contribution < -0.4 is 10.2 Å². The lowest BCUT2D eigenvalue weighted by molar-refractivity contribution is 0.0443. The number of ether oxygens (including phenoxy) is 1. The molecule has 0 radical (unpaired) electrons. The van der Waals surface area contributed by atoms with Crippen LogP contribution in [0.5, 0.6) is 0 Å². The van der Waals surface area contributed by atoms with E-state index < -0.39 is 5.60 Å². The van der Waals surface area contributed by atoms with Gasteiger partial charge in [-0.3, -0.25) is 0 Å². The molecule has 110 valence electrons. The van der Waals surface area contributed by atoms with E-state index in [1.54, 1.807) is 12.5 Å². The number of hydrogen-bond acceptors (Lipinski definition) is 6. The fourth-order valence-electron chi connectivity index (χ4n) is 3.06. The molecular weight excluding hydrogens is 272 g/mol. The third-order valence-corrected chi connectivity index (χ3v) is 4.16. The van der Waals surface area contributed by atoms with Crippen LogP contribution >= 0.6 is 0 Å². The van der Waals surface area contributed by atoms with E-state index in [9.17, 15) is 4.79 Å². The molecule has 21 heavy (non-hydrogen) atoms. The van der Waals surface area contributed by atoms with Crippen LogP contribution in [0.1, 0.15) is 12.8 Å². The number of carbonyl (C=O) groups is 1. The van der Waals surface area contributed by atoms with Crippen molar-refractivity contribution in [3.63, 3.8) is 0 Å². The lowest BCUT2D eigenvalue weighted by Crippen LogP contribution is -2.51. The molecule has 4 heterocycles. The molecule has 0 aliphatic carbocycles. The quantitative estimate of drug-likeness (QED) is 0.819. The zero-order chi connectivity index (χ0) is 14.4. The first-order valence-electron chi connectivity index (χ1n) is 7.01. The van der Waals surface area contributed by atoms with Crippen LogP contribution in [0.4, 0.5) is 10.7 Å². The Morgan fingerprint density at radius 3 is 3.14 bits per heavy atom. The SMILES string of the molecule is Cn1cnc2nc(N3CCCC4(CNC(=O)O4)C3)ncc21. The molecule has 2 aliphatic heterocycles. The predicted molar refractivity (Wildman–Crippen MR) is 75.0 cm³/mol. The highest BCUT2D eigenvalue weighted by Crippen LogP contribution is 2.29. The number of imidazole rings is 1. The predicted octanol–water partition coefficient (Wildman–Crippen LogP) is 0.442. The zero-order valence-corrected chi connectivity index (χ0v) is 11.7. The number of hydrogen-bond donors (Lipinski definition) is 1. The molecule has 1 unspecified atom stereocenters. The van der Waals surface area contributed by atoms with Crippen molar-refractivity contribution in [1.29, 1.82) is 0 Å². The van der Waals surface area contributed by atoms with Crippen LogP contribution in [0, 0.1) is 0 Å². The number of aryl methyl sites for hydroxylation is 1. The number of nitrogens with zero attached hydrogens (tertiary/aromatic N) is 5. The molecule has 2 aliphatic rings. The molecule has 8 nitrogen and oxygen atoms in total. The van der Waals surface area contributed by atoms with Crippen LogP contribution in [-0.4, -0.2) is 50.8 Å². The highest BCUT2D eigenvalue weighted by atomic mass is 16.6. The zero-order valence-electron chi connectivity index (χ0n) is 11.7. The maximum Gasteiger partial charge on any atom is 0.407 e. The molecule has 2 aromatic heterocycles. The van der Waals surface area contributed by atoms with Gasteiger partial charge in [-0.15, -0.1) is 0 Å². The van der Waals surface area contributed by atoms with Crippen LogP contribution in [0.15, 0.2) is 12.5 Å². The monoisotopic (exact) mass is 288 g/mol. The molecule has 2 saturated heterocycles. The van der Waals surface area contributed by atoms with E-state index in [1.807, 2.05) is 11.6 Å². The smallest absolute Gasteiger partial charge is 0.407 e. The number of alkyl carbamates (subject to hydrolysis) is 1. The molecule has 1 spiro atoms. The van der Waals surface area contributed by atoms with Crippen molar-refractivity contribution < 1.29 is 9.53 Å². The van der Waals surface area contributed by atoms with Crippen molar-refractivity contribution in [2.45, 2.75) is 18.4 Å². The summed E-state index contributed by atoms with van der Waals surface area (Å²) in [5, 5.41) is 2.74. The van der Waals surface area contributed by atoms with Gasteiger partial charge in [-0.1, -0.05) is 0 Å². The summed E-state index contributed by atoms with van der Waals surface area (Å²) in [7, 11) is 1.91. The van der Waals surface area contributed by atoms with Gasteiger partial charge < -0.3 is 19.5 Å². The lowest BCUT2D eigenvalue weighted by atomic mass is 9.93. The normalized spacial score (nSPS) is 25.4. The Bertz CT molecular complexity index is 714. The third-order valence-electron chi connectivity index (χ3n) is 4.16. The summed E-state index contributed by atoms with van der Waals surface area (Å²) in [6.07, 6.45) is 4.99.